The second-order valence-electron chi connectivity index (χ2n) is 4.55. The maximum Gasteiger partial charge on any atom is 0.416 e. The van der Waals surface area contributed by atoms with E-state index in [1.165, 1.54) is 4.90 Å². The van der Waals surface area contributed by atoms with Crippen LogP contribution in [0.2, 0.25) is 0 Å². The lowest BCUT2D eigenvalue weighted by Crippen LogP contribution is -2.28. The molecule has 0 aliphatic rings. The molecule has 0 amide bonds. The summed E-state index contributed by atoms with van der Waals surface area (Å²) in [5.41, 5.74) is -3.69. The van der Waals surface area contributed by atoms with Gasteiger partial charge in [-0.1, -0.05) is 22.9 Å². The zero-order valence-corrected chi connectivity index (χ0v) is 13.6. The number of rotatable bonds is 7. The molecule has 0 aromatic heterocycles. The highest BCUT2D eigenvalue weighted by Gasteiger charge is 2.38. The van der Waals surface area contributed by atoms with Crippen molar-refractivity contribution < 1.29 is 23.0 Å². The van der Waals surface area contributed by atoms with Crippen molar-refractivity contribution in [2.45, 2.75) is 19.5 Å². The quantitative estimate of drug-likeness (QED) is 0.390. The van der Waals surface area contributed by atoms with E-state index in [0.29, 0.717) is 23.9 Å². The minimum atomic E-state index is -4.92. The lowest BCUT2D eigenvalue weighted by atomic mass is 10.1. The van der Waals surface area contributed by atoms with Crippen molar-refractivity contribution >= 4 is 33.0 Å². The maximum atomic E-state index is 12.8. The molecule has 0 heterocycles. The van der Waals surface area contributed by atoms with Crippen LogP contribution in [0.4, 0.5) is 30.2 Å². The van der Waals surface area contributed by atoms with Gasteiger partial charge in [-0.2, -0.15) is 13.2 Å². The third-order valence-corrected chi connectivity index (χ3v) is 3.31. The molecule has 0 spiro atoms. The number of nitrogens with zero attached hydrogens (tertiary/aromatic N) is 3. The van der Waals surface area contributed by atoms with Gasteiger partial charge in [-0.15, -0.1) is 0 Å². The second-order valence-corrected chi connectivity index (χ2v) is 5.34. The van der Waals surface area contributed by atoms with Crippen LogP contribution in [-0.2, 0) is 6.18 Å². The van der Waals surface area contributed by atoms with E-state index >= 15 is 0 Å². The van der Waals surface area contributed by atoms with Crippen LogP contribution in [0.3, 0.4) is 0 Å². The summed E-state index contributed by atoms with van der Waals surface area (Å²) >= 11 is 3.13. The summed E-state index contributed by atoms with van der Waals surface area (Å²) in [6.07, 6.45) is -4.40. The van der Waals surface area contributed by atoms with Crippen LogP contribution in [0, 0.1) is 20.2 Å². The summed E-state index contributed by atoms with van der Waals surface area (Å²) in [5, 5.41) is 22.7. The minimum absolute atomic E-state index is 0.181. The third kappa shape index (κ3) is 4.53. The molecule has 0 unspecified atom stereocenters. The Balaban J connectivity index is 3.70. The number of nitro benzene ring substituents is 2. The first kappa shape index (κ1) is 19.1. The van der Waals surface area contributed by atoms with Crippen LogP contribution >= 0.6 is 15.9 Å². The highest BCUT2D eigenvalue weighted by molar-refractivity contribution is 9.09. The number of alkyl halides is 4. The molecule has 0 saturated carbocycles. The first-order valence-corrected chi connectivity index (χ1v) is 7.60. The van der Waals surface area contributed by atoms with Gasteiger partial charge in [0.2, 0.25) is 0 Å². The van der Waals surface area contributed by atoms with Gasteiger partial charge in [-0.05, 0) is 6.42 Å². The largest absolute Gasteiger partial charge is 0.416 e. The molecule has 128 valence electrons. The first-order chi connectivity index (χ1) is 10.6. The van der Waals surface area contributed by atoms with Gasteiger partial charge in [0.05, 0.1) is 15.4 Å². The van der Waals surface area contributed by atoms with Crippen molar-refractivity contribution in [2.24, 2.45) is 0 Å². The Labute approximate surface area is 137 Å². The standard InChI is InChI=1S/C12H13BrF3N3O4/c1-2-4-17(5-3-13)11-9(18(20)21)6-8(12(14,15)16)7-10(11)19(22)23/h6-7H,2-5H2,1H3. The van der Waals surface area contributed by atoms with Gasteiger partial charge >= 0.3 is 6.18 Å². The van der Waals surface area contributed by atoms with Crippen LogP contribution in [0.5, 0.6) is 0 Å². The molecular weight excluding hydrogens is 387 g/mol. The van der Waals surface area contributed by atoms with E-state index in [4.69, 9.17) is 0 Å². The fraction of sp³-hybridized carbons (Fsp3) is 0.500. The molecular formula is C12H13BrF3N3O4. The molecule has 0 N–H and O–H groups in total. The predicted molar refractivity (Wildman–Crippen MR) is 81.1 cm³/mol. The van der Waals surface area contributed by atoms with E-state index in [0.717, 1.165) is 0 Å². The Morgan fingerprint density at radius 1 is 1.13 bits per heavy atom. The lowest BCUT2D eigenvalue weighted by molar-refractivity contribution is -0.393. The van der Waals surface area contributed by atoms with Crippen molar-refractivity contribution in [3.05, 3.63) is 37.9 Å². The van der Waals surface area contributed by atoms with Crippen molar-refractivity contribution in [3.8, 4) is 0 Å². The SMILES string of the molecule is CCCN(CCBr)c1c([N+](=O)[O-])cc(C(F)(F)F)cc1[N+](=O)[O-]. The minimum Gasteiger partial charge on any atom is -0.360 e. The van der Waals surface area contributed by atoms with E-state index in [9.17, 15) is 33.4 Å². The van der Waals surface area contributed by atoms with Gasteiger partial charge in [0.1, 0.15) is 0 Å². The number of benzene rings is 1. The molecule has 1 rings (SSSR count). The molecule has 0 fully saturated rings. The lowest BCUT2D eigenvalue weighted by Gasteiger charge is -2.23. The molecule has 0 bridgehead atoms. The Hall–Kier alpha value is -1.91. The summed E-state index contributed by atoms with van der Waals surface area (Å²) in [5.74, 6) is 0. The predicted octanol–water partition coefficient (Wildman–Crippen LogP) is 4.13. The molecule has 0 saturated heterocycles. The van der Waals surface area contributed by atoms with Crippen LogP contribution in [0.15, 0.2) is 12.1 Å². The highest BCUT2D eigenvalue weighted by Crippen LogP contribution is 2.43. The van der Waals surface area contributed by atoms with Crippen molar-refractivity contribution in [1.29, 1.82) is 0 Å². The fourth-order valence-corrected chi connectivity index (χ4v) is 2.51. The van der Waals surface area contributed by atoms with Crippen LogP contribution < -0.4 is 4.90 Å². The summed E-state index contributed by atoms with van der Waals surface area (Å²) in [6, 6.07) is 0.665. The van der Waals surface area contributed by atoms with Gasteiger partial charge in [-0.3, -0.25) is 20.2 Å². The number of halogens is 4. The monoisotopic (exact) mass is 399 g/mol. The maximum absolute atomic E-state index is 12.8. The Kier molecular flexibility index (Phi) is 6.30. The molecule has 1 aromatic rings. The first-order valence-electron chi connectivity index (χ1n) is 6.48. The van der Waals surface area contributed by atoms with Crippen molar-refractivity contribution in [3.63, 3.8) is 0 Å². The topological polar surface area (TPSA) is 89.5 Å². The zero-order chi connectivity index (χ0) is 17.8. The van der Waals surface area contributed by atoms with Gasteiger partial charge in [0.25, 0.3) is 11.4 Å². The molecule has 23 heavy (non-hydrogen) atoms. The molecule has 1 aromatic carbocycles. The molecule has 11 heteroatoms. The normalized spacial score (nSPS) is 11.3. The Morgan fingerprint density at radius 3 is 1.91 bits per heavy atom. The average Bonchev–Trinajstić information content (AvgIpc) is 2.44. The zero-order valence-electron chi connectivity index (χ0n) is 12.0. The average molecular weight is 400 g/mol. The Morgan fingerprint density at radius 2 is 1.61 bits per heavy atom. The molecule has 0 aliphatic carbocycles. The van der Waals surface area contributed by atoms with Gasteiger partial charge in [0.15, 0.2) is 5.69 Å². The smallest absolute Gasteiger partial charge is 0.360 e. The molecule has 0 radical (unpaired) electrons. The highest BCUT2D eigenvalue weighted by atomic mass is 79.9. The number of nitro groups is 2. The number of hydrogen-bond acceptors (Lipinski definition) is 5. The van der Waals surface area contributed by atoms with Crippen molar-refractivity contribution in [1.82, 2.24) is 0 Å². The van der Waals surface area contributed by atoms with Crippen LogP contribution in [0.1, 0.15) is 18.9 Å². The summed E-state index contributed by atoms with van der Waals surface area (Å²) in [7, 11) is 0. The third-order valence-electron chi connectivity index (χ3n) is 2.95. The molecule has 0 aliphatic heterocycles. The van der Waals surface area contributed by atoms with E-state index in [1.54, 1.807) is 6.92 Å². The van der Waals surface area contributed by atoms with Crippen LogP contribution in [0.25, 0.3) is 0 Å². The summed E-state index contributed by atoms with van der Waals surface area (Å²) in [6.45, 7) is 2.17. The van der Waals surface area contributed by atoms with E-state index in [-0.39, 0.29) is 13.1 Å². The second kappa shape index (κ2) is 7.57. The van der Waals surface area contributed by atoms with Gasteiger partial charge in [0, 0.05) is 30.6 Å². The van der Waals surface area contributed by atoms with Gasteiger partial charge in [-0.25, -0.2) is 0 Å². The van der Waals surface area contributed by atoms with Crippen LogP contribution in [-0.4, -0.2) is 28.3 Å². The van der Waals surface area contributed by atoms with E-state index in [1.807, 2.05) is 0 Å². The summed E-state index contributed by atoms with van der Waals surface area (Å²) in [4.78, 5) is 21.6. The fourth-order valence-electron chi connectivity index (χ4n) is 2.08. The summed E-state index contributed by atoms with van der Waals surface area (Å²) < 4.78 is 38.5. The number of hydrogen-bond donors (Lipinski definition) is 0. The van der Waals surface area contributed by atoms with E-state index in [2.05, 4.69) is 15.9 Å². The Bertz CT molecular complexity index is 569. The number of anilines is 1. The van der Waals surface area contributed by atoms with Crippen molar-refractivity contribution in [2.75, 3.05) is 23.3 Å². The van der Waals surface area contributed by atoms with E-state index < -0.39 is 38.6 Å². The molecule has 7 nitrogen and oxygen atoms in total. The molecule has 0 atom stereocenters. The van der Waals surface area contributed by atoms with Gasteiger partial charge < -0.3 is 4.90 Å².